The van der Waals surface area contributed by atoms with Gasteiger partial charge in [-0.1, -0.05) is 12.1 Å². The minimum atomic E-state index is -0.187. The van der Waals surface area contributed by atoms with Crippen LogP contribution in [0, 0.1) is 5.82 Å². The second kappa shape index (κ2) is 5.89. The summed E-state index contributed by atoms with van der Waals surface area (Å²) in [5.74, 6) is 0.500. The molecule has 0 spiro atoms. The van der Waals surface area contributed by atoms with Crippen molar-refractivity contribution in [2.45, 2.75) is 17.4 Å². The summed E-state index contributed by atoms with van der Waals surface area (Å²) in [7, 11) is 0. The number of benzene rings is 1. The second-order valence-corrected chi connectivity index (χ2v) is 4.90. The largest absolute Gasteiger partial charge is 0.472 e. The van der Waals surface area contributed by atoms with Gasteiger partial charge in [-0.05, 0) is 30.2 Å². The second-order valence-electron chi connectivity index (χ2n) is 3.84. The van der Waals surface area contributed by atoms with Crippen LogP contribution in [-0.2, 0) is 6.42 Å². The predicted molar refractivity (Wildman–Crippen MR) is 67.5 cm³/mol. The van der Waals surface area contributed by atoms with Gasteiger partial charge in [0, 0.05) is 16.7 Å². The number of thioether (sulfide) groups is 1. The molecule has 2 N–H and O–H groups in total. The Bertz CT molecular complexity index is 458. The van der Waals surface area contributed by atoms with E-state index in [1.165, 1.54) is 17.8 Å². The van der Waals surface area contributed by atoms with Crippen LogP contribution in [0.1, 0.15) is 5.56 Å². The maximum atomic E-state index is 13.3. The molecule has 0 radical (unpaired) electrons. The average molecular weight is 251 g/mol. The SMILES string of the molecule is NC(CSc1ccccc1F)Cc1ccoc1. The molecule has 1 aromatic carbocycles. The molecular weight excluding hydrogens is 237 g/mol. The first-order chi connectivity index (χ1) is 8.25. The van der Waals surface area contributed by atoms with Crippen molar-refractivity contribution in [2.75, 3.05) is 5.75 Å². The Balaban J connectivity index is 1.84. The zero-order valence-corrected chi connectivity index (χ0v) is 10.1. The summed E-state index contributed by atoms with van der Waals surface area (Å²) >= 11 is 1.45. The summed E-state index contributed by atoms with van der Waals surface area (Å²) in [4.78, 5) is 0.648. The van der Waals surface area contributed by atoms with Crippen molar-refractivity contribution in [1.29, 1.82) is 0 Å². The minimum Gasteiger partial charge on any atom is -0.472 e. The lowest BCUT2D eigenvalue weighted by Gasteiger charge is -2.10. The molecule has 4 heteroatoms. The molecule has 0 aliphatic heterocycles. The van der Waals surface area contributed by atoms with Gasteiger partial charge in [0.15, 0.2) is 0 Å². The molecule has 0 saturated heterocycles. The third-order valence-electron chi connectivity index (χ3n) is 2.37. The highest BCUT2D eigenvalue weighted by Crippen LogP contribution is 2.22. The van der Waals surface area contributed by atoms with Crippen molar-refractivity contribution in [2.24, 2.45) is 5.73 Å². The molecule has 17 heavy (non-hydrogen) atoms. The molecule has 0 bridgehead atoms. The Hall–Kier alpha value is -1.26. The summed E-state index contributed by atoms with van der Waals surface area (Å²) in [6.45, 7) is 0. The van der Waals surface area contributed by atoms with Crippen molar-refractivity contribution in [3.8, 4) is 0 Å². The molecule has 0 aliphatic carbocycles. The molecule has 1 unspecified atom stereocenters. The highest BCUT2D eigenvalue weighted by atomic mass is 32.2. The maximum Gasteiger partial charge on any atom is 0.136 e. The number of hydrogen-bond donors (Lipinski definition) is 1. The van der Waals surface area contributed by atoms with Gasteiger partial charge in [-0.2, -0.15) is 0 Å². The highest BCUT2D eigenvalue weighted by molar-refractivity contribution is 7.99. The summed E-state index contributed by atoms with van der Waals surface area (Å²) in [5, 5.41) is 0. The van der Waals surface area contributed by atoms with Crippen molar-refractivity contribution < 1.29 is 8.81 Å². The number of hydrogen-bond acceptors (Lipinski definition) is 3. The van der Waals surface area contributed by atoms with Gasteiger partial charge in [-0.25, -0.2) is 4.39 Å². The van der Waals surface area contributed by atoms with E-state index in [0.717, 1.165) is 12.0 Å². The molecule has 2 aromatic rings. The van der Waals surface area contributed by atoms with Gasteiger partial charge >= 0.3 is 0 Å². The highest BCUT2D eigenvalue weighted by Gasteiger charge is 2.08. The lowest BCUT2D eigenvalue weighted by molar-refractivity contribution is 0.562. The zero-order chi connectivity index (χ0) is 12.1. The van der Waals surface area contributed by atoms with Crippen molar-refractivity contribution in [3.05, 3.63) is 54.2 Å². The van der Waals surface area contributed by atoms with Crippen LogP contribution in [0.2, 0.25) is 0 Å². The fourth-order valence-electron chi connectivity index (χ4n) is 1.53. The maximum absolute atomic E-state index is 13.3. The first-order valence-electron chi connectivity index (χ1n) is 5.39. The Morgan fingerprint density at radius 1 is 1.29 bits per heavy atom. The van der Waals surface area contributed by atoms with Crippen molar-refractivity contribution >= 4 is 11.8 Å². The van der Waals surface area contributed by atoms with Crippen LogP contribution in [0.3, 0.4) is 0 Å². The van der Waals surface area contributed by atoms with Crippen molar-refractivity contribution in [1.82, 2.24) is 0 Å². The fourth-order valence-corrected chi connectivity index (χ4v) is 2.42. The van der Waals surface area contributed by atoms with E-state index in [1.807, 2.05) is 12.1 Å². The summed E-state index contributed by atoms with van der Waals surface area (Å²) < 4.78 is 18.3. The first-order valence-corrected chi connectivity index (χ1v) is 6.38. The lowest BCUT2D eigenvalue weighted by Crippen LogP contribution is -2.25. The smallest absolute Gasteiger partial charge is 0.136 e. The summed E-state index contributed by atoms with van der Waals surface area (Å²) in [6.07, 6.45) is 4.07. The normalized spacial score (nSPS) is 12.6. The van der Waals surface area contributed by atoms with E-state index in [9.17, 15) is 4.39 Å². The van der Waals surface area contributed by atoms with E-state index in [-0.39, 0.29) is 11.9 Å². The van der Waals surface area contributed by atoms with Crippen LogP contribution in [-0.4, -0.2) is 11.8 Å². The van der Waals surface area contributed by atoms with Gasteiger partial charge in [0.05, 0.1) is 12.5 Å². The molecule has 90 valence electrons. The quantitative estimate of drug-likeness (QED) is 0.830. The monoisotopic (exact) mass is 251 g/mol. The van der Waals surface area contributed by atoms with Gasteiger partial charge in [0.1, 0.15) is 5.82 Å². The van der Waals surface area contributed by atoms with Gasteiger partial charge in [0.25, 0.3) is 0 Å². The predicted octanol–water partition coefficient (Wildman–Crippen LogP) is 3.08. The van der Waals surface area contributed by atoms with E-state index in [4.69, 9.17) is 10.2 Å². The van der Waals surface area contributed by atoms with Crippen LogP contribution in [0.5, 0.6) is 0 Å². The molecule has 0 fully saturated rings. The van der Waals surface area contributed by atoms with Crippen LogP contribution >= 0.6 is 11.8 Å². The number of halogens is 1. The van der Waals surface area contributed by atoms with E-state index >= 15 is 0 Å². The first kappa shape index (κ1) is 12.2. The number of furan rings is 1. The van der Waals surface area contributed by atoms with E-state index in [2.05, 4.69) is 0 Å². The Kier molecular flexibility index (Phi) is 4.23. The molecule has 1 atom stereocenters. The third-order valence-corrected chi connectivity index (χ3v) is 3.60. The Labute approximate surface area is 104 Å². The molecule has 0 saturated carbocycles. The van der Waals surface area contributed by atoms with Gasteiger partial charge < -0.3 is 10.2 Å². The molecular formula is C13H14FNOS. The molecule has 0 amide bonds. The van der Waals surface area contributed by atoms with Gasteiger partial charge in [0.2, 0.25) is 0 Å². The lowest BCUT2D eigenvalue weighted by atomic mass is 10.1. The Morgan fingerprint density at radius 3 is 2.82 bits per heavy atom. The molecule has 1 heterocycles. The third kappa shape index (κ3) is 3.61. The van der Waals surface area contributed by atoms with E-state index < -0.39 is 0 Å². The molecule has 2 rings (SSSR count). The van der Waals surface area contributed by atoms with Crippen molar-refractivity contribution in [3.63, 3.8) is 0 Å². The van der Waals surface area contributed by atoms with Crippen LogP contribution in [0.4, 0.5) is 4.39 Å². The molecule has 0 aliphatic rings. The van der Waals surface area contributed by atoms with E-state index in [0.29, 0.717) is 10.6 Å². The molecule has 2 nitrogen and oxygen atoms in total. The average Bonchev–Trinajstić information content (AvgIpc) is 2.81. The number of rotatable bonds is 5. The zero-order valence-electron chi connectivity index (χ0n) is 9.30. The molecule has 1 aromatic heterocycles. The minimum absolute atomic E-state index is 0.00259. The Morgan fingerprint density at radius 2 is 2.12 bits per heavy atom. The summed E-state index contributed by atoms with van der Waals surface area (Å²) in [6, 6.07) is 8.64. The number of nitrogens with two attached hydrogens (primary N) is 1. The fraction of sp³-hybridized carbons (Fsp3) is 0.231. The topological polar surface area (TPSA) is 39.2 Å². The van der Waals surface area contributed by atoms with Crippen LogP contribution in [0.15, 0.2) is 52.2 Å². The van der Waals surface area contributed by atoms with E-state index in [1.54, 1.807) is 24.7 Å². The van der Waals surface area contributed by atoms with Crippen LogP contribution < -0.4 is 5.73 Å². The van der Waals surface area contributed by atoms with Crippen LogP contribution in [0.25, 0.3) is 0 Å². The standard InChI is InChI=1S/C13H14FNOS/c14-12-3-1-2-4-13(12)17-9-11(15)7-10-5-6-16-8-10/h1-6,8,11H,7,9,15H2. The summed E-state index contributed by atoms with van der Waals surface area (Å²) in [5.41, 5.74) is 7.05. The van der Waals surface area contributed by atoms with Gasteiger partial charge in [-0.3, -0.25) is 0 Å². The van der Waals surface area contributed by atoms with Gasteiger partial charge in [-0.15, -0.1) is 11.8 Å².